The molecule has 0 atom stereocenters. The molecule has 0 aliphatic heterocycles. The molecule has 0 aliphatic carbocycles. The molecule has 2 aromatic carbocycles. The quantitative estimate of drug-likeness (QED) is 0.470. The molecule has 0 saturated heterocycles. The molecule has 8 heteroatoms. The summed E-state index contributed by atoms with van der Waals surface area (Å²) < 4.78 is 15.9. The van der Waals surface area contributed by atoms with Crippen LogP contribution in [0.2, 0.25) is 0 Å². The van der Waals surface area contributed by atoms with Crippen molar-refractivity contribution in [2.75, 3.05) is 11.9 Å². The summed E-state index contributed by atoms with van der Waals surface area (Å²) in [5.74, 6) is -0.722. The molecular weight excluding hydrogens is 421 g/mol. The molecule has 0 fully saturated rings. The molecule has 0 radical (unpaired) electrons. The number of aryl methyl sites for hydroxylation is 2. The van der Waals surface area contributed by atoms with E-state index in [1.165, 1.54) is 18.3 Å². The van der Waals surface area contributed by atoms with Crippen molar-refractivity contribution in [3.8, 4) is 0 Å². The zero-order valence-corrected chi connectivity index (χ0v) is 18.6. The molecule has 4 aromatic rings. The Morgan fingerprint density at radius 1 is 1.03 bits per heavy atom. The Morgan fingerprint density at radius 3 is 2.55 bits per heavy atom. The Hall–Kier alpha value is -4.07. The molecule has 0 saturated carbocycles. The van der Waals surface area contributed by atoms with Gasteiger partial charge in [-0.25, -0.2) is 14.4 Å². The Bertz CT molecular complexity index is 1360. The zero-order chi connectivity index (χ0) is 23.5. The third kappa shape index (κ3) is 4.45. The van der Waals surface area contributed by atoms with Gasteiger partial charge >= 0.3 is 0 Å². The number of nitrogens with one attached hydrogen (secondary N) is 2. The van der Waals surface area contributed by atoms with E-state index in [4.69, 9.17) is 0 Å². The average molecular weight is 445 g/mol. The van der Waals surface area contributed by atoms with Crippen molar-refractivity contribution in [2.45, 2.75) is 20.3 Å². The molecule has 0 aliphatic rings. The van der Waals surface area contributed by atoms with Gasteiger partial charge in [0.25, 0.3) is 11.8 Å². The van der Waals surface area contributed by atoms with Crippen LogP contribution in [-0.4, -0.2) is 32.9 Å². The highest BCUT2D eigenvalue weighted by Gasteiger charge is 2.19. The van der Waals surface area contributed by atoms with Gasteiger partial charge in [0.15, 0.2) is 0 Å². The number of para-hydroxylation sites is 2. The number of halogens is 1. The summed E-state index contributed by atoms with van der Waals surface area (Å²) in [6, 6.07) is 13.7. The van der Waals surface area contributed by atoms with E-state index in [0.29, 0.717) is 23.5 Å². The molecule has 0 spiro atoms. The lowest BCUT2D eigenvalue weighted by Gasteiger charge is -2.11. The standard InChI is InChI=1S/C25H24FN5O2/c1-15-23(17-8-4-7-11-22(17)31(15)3)25(33)27-13-12-20-18(14-28-16(2)29-20)24(32)30-21-10-6-5-9-19(21)26/h4-11,14H,12-13H2,1-3H3,(H,27,33)(H,30,32). The number of benzene rings is 2. The van der Waals surface area contributed by atoms with E-state index in [0.717, 1.165) is 16.6 Å². The number of fused-ring (bicyclic) bond motifs is 1. The third-order valence-electron chi connectivity index (χ3n) is 5.63. The van der Waals surface area contributed by atoms with E-state index in [9.17, 15) is 14.0 Å². The summed E-state index contributed by atoms with van der Waals surface area (Å²) in [5, 5.41) is 6.38. The molecular formula is C25H24FN5O2. The van der Waals surface area contributed by atoms with Crippen molar-refractivity contribution in [1.29, 1.82) is 0 Å². The van der Waals surface area contributed by atoms with E-state index in [1.807, 2.05) is 42.8 Å². The zero-order valence-electron chi connectivity index (χ0n) is 18.6. The van der Waals surface area contributed by atoms with E-state index in [2.05, 4.69) is 20.6 Å². The molecule has 2 N–H and O–H groups in total. The van der Waals surface area contributed by atoms with Gasteiger partial charge in [-0.05, 0) is 32.0 Å². The van der Waals surface area contributed by atoms with Crippen LogP contribution in [0.1, 0.15) is 37.9 Å². The molecule has 2 aromatic heterocycles. The minimum atomic E-state index is -0.529. The topological polar surface area (TPSA) is 88.9 Å². The largest absolute Gasteiger partial charge is 0.352 e. The van der Waals surface area contributed by atoms with Gasteiger partial charge in [0, 0.05) is 42.8 Å². The normalized spacial score (nSPS) is 10.9. The lowest BCUT2D eigenvalue weighted by Crippen LogP contribution is -2.27. The fraction of sp³-hybridized carbons (Fsp3) is 0.200. The van der Waals surface area contributed by atoms with Crippen LogP contribution in [0.4, 0.5) is 10.1 Å². The highest BCUT2D eigenvalue weighted by atomic mass is 19.1. The summed E-state index contributed by atoms with van der Waals surface area (Å²) in [4.78, 5) is 34.2. The number of rotatable bonds is 6. The lowest BCUT2D eigenvalue weighted by atomic mass is 10.1. The smallest absolute Gasteiger partial charge is 0.259 e. The van der Waals surface area contributed by atoms with E-state index >= 15 is 0 Å². The first-order chi connectivity index (χ1) is 15.9. The van der Waals surface area contributed by atoms with Crippen LogP contribution in [0.25, 0.3) is 10.9 Å². The van der Waals surface area contributed by atoms with Gasteiger partial charge in [0.2, 0.25) is 0 Å². The average Bonchev–Trinajstić information content (AvgIpc) is 3.05. The first-order valence-electron chi connectivity index (χ1n) is 10.6. The van der Waals surface area contributed by atoms with Crippen LogP contribution < -0.4 is 10.6 Å². The Morgan fingerprint density at radius 2 is 1.76 bits per heavy atom. The van der Waals surface area contributed by atoms with Crippen molar-refractivity contribution in [3.05, 3.63) is 88.9 Å². The van der Waals surface area contributed by atoms with E-state index < -0.39 is 11.7 Å². The van der Waals surface area contributed by atoms with Gasteiger partial charge in [-0.1, -0.05) is 30.3 Å². The van der Waals surface area contributed by atoms with Crippen LogP contribution in [-0.2, 0) is 13.5 Å². The number of hydrogen-bond donors (Lipinski definition) is 2. The first kappa shape index (κ1) is 22.1. The molecule has 7 nitrogen and oxygen atoms in total. The summed E-state index contributed by atoms with van der Waals surface area (Å²) in [6.07, 6.45) is 1.74. The maximum atomic E-state index is 13.9. The van der Waals surface area contributed by atoms with Crippen LogP contribution >= 0.6 is 0 Å². The summed E-state index contributed by atoms with van der Waals surface area (Å²) >= 11 is 0. The molecule has 0 bridgehead atoms. The number of carbonyl (C=O) groups excluding carboxylic acids is 2. The minimum absolute atomic E-state index is 0.0776. The lowest BCUT2D eigenvalue weighted by molar-refractivity contribution is 0.0954. The molecule has 168 valence electrons. The monoisotopic (exact) mass is 445 g/mol. The second kappa shape index (κ2) is 9.20. The minimum Gasteiger partial charge on any atom is -0.352 e. The Labute approximate surface area is 190 Å². The van der Waals surface area contributed by atoms with Gasteiger partial charge in [0.1, 0.15) is 11.6 Å². The third-order valence-corrected chi connectivity index (χ3v) is 5.63. The number of amides is 2. The van der Waals surface area contributed by atoms with Crippen molar-refractivity contribution < 1.29 is 14.0 Å². The predicted molar refractivity (Wildman–Crippen MR) is 125 cm³/mol. The molecule has 2 amide bonds. The number of aromatic nitrogens is 3. The van der Waals surface area contributed by atoms with Gasteiger partial charge in [-0.15, -0.1) is 0 Å². The number of hydrogen-bond acceptors (Lipinski definition) is 4. The Balaban J connectivity index is 1.50. The van der Waals surface area contributed by atoms with Crippen LogP contribution in [0, 0.1) is 19.7 Å². The first-order valence-corrected chi connectivity index (χ1v) is 10.6. The maximum absolute atomic E-state index is 13.9. The molecule has 33 heavy (non-hydrogen) atoms. The highest BCUT2D eigenvalue weighted by Crippen LogP contribution is 2.24. The summed E-state index contributed by atoms with van der Waals surface area (Å²) in [6.45, 7) is 3.91. The SMILES string of the molecule is Cc1ncc(C(=O)Nc2ccccc2F)c(CCNC(=O)c2c(C)n(C)c3ccccc23)n1. The van der Waals surface area contributed by atoms with Gasteiger partial charge in [0.05, 0.1) is 22.5 Å². The summed E-state index contributed by atoms with van der Waals surface area (Å²) in [5.41, 5.74) is 3.28. The second-order valence-electron chi connectivity index (χ2n) is 7.75. The number of anilines is 1. The Kier molecular flexibility index (Phi) is 6.17. The van der Waals surface area contributed by atoms with Crippen LogP contribution in [0.5, 0.6) is 0 Å². The van der Waals surface area contributed by atoms with E-state index in [1.54, 1.807) is 19.1 Å². The number of nitrogens with zero attached hydrogens (tertiary/aromatic N) is 3. The molecule has 0 unspecified atom stereocenters. The van der Waals surface area contributed by atoms with Crippen LogP contribution in [0.3, 0.4) is 0 Å². The predicted octanol–water partition coefficient (Wildman–Crippen LogP) is 3.95. The molecule has 4 rings (SSSR count). The van der Waals surface area contributed by atoms with Crippen molar-refractivity contribution >= 4 is 28.4 Å². The van der Waals surface area contributed by atoms with E-state index in [-0.39, 0.29) is 23.7 Å². The maximum Gasteiger partial charge on any atom is 0.259 e. The fourth-order valence-electron chi connectivity index (χ4n) is 3.84. The van der Waals surface area contributed by atoms with Crippen LogP contribution in [0.15, 0.2) is 54.7 Å². The van der Waals surface area contributed by atoms with Crippen molar-refractivity contribution in [1.82, 2.24) is 19.9 Å². The molecule has 2 heterocycles. The second-order valence-corrected chi connectivity index (χ2v) is 7.75. The summed E-state index contributed by atoms with van der Waals surface area (Å²) in [7, 11) is 1.93. The fourth-order valence-corrected chi connectivity index (χ4v) is 3.84. The highest BCUT2D eigenvalue weighted by molar-refractivity contribution is 6.08. The van der Waals surface area contributed by atoms with Gasteiger partial charge in [-0.3, -0.25) is 9.59 Å². The van der Waals surface area contributed by atoms with Crippen molar-refractivity contribution in [2.24, 2.45) is 7.05 Å². The number of carbonyl (C=O) groups is 2. The van der Waals surface area contributed by atoms with Crippen molar-refractivity contribution in [3.63, 3.8) is 0 Å². The van der Waals surface area contributed by atoms with Gasteiger partial charge in [-0.2, -0.15) is 0 Å². The van der Waals surface area contributed by atoms with Gasteiger partial charge < -0.3 is 15.2 Å².